The molecule has 0 amide bonds. The first-order valence-corrected chi connectivity index (χ1v) is 8.35. The standard InChI is InChI=1S/C19H17N5O3/c1-11(18-20-14-5-3-4-6-15(14)21-18)24-10-16(22-23-24)12-7-8-17(27-2)13(9-12)19(25)26/h3-11H,1-2H3,(H,20,21)(H,25,26)/t11-/m1/s1. The zero-order valence-electron chi connectivity index (χ0n) is 14.7. The highest BCUT2D eigenvalue weighted by Gasteiger charge is 2.17. The Bertz CT molecular complexity index is 1100. The topological polar surface area (TPSA) is 106 Å². The molecule has 0 saturated carbocycles. The number of H-pyrrole nitrogens is 1. The van der Waals surface area contributed by atoms with E-state index in [1.165, 1.54) is 13.2 Å². The van der Waals surface area contributed by atoms with Crippen LogP contribution in [0.4, 0.5) is 0 Å². The minimum Gasteiger partial charge on any atom is -0.496 e. The first-order valence-electron chi connectivity index (χ1n) is 8.35. The number of ether oxygens (including phenoxy) is 1. The zero-order chi connectivity index (χ0) is 19.0. The minimum atomic E-state index is -1.06. The highest BCUT2D eigenvalue weighted by molar-refractivity contribution is 5.92. The molecule has 0 bridgehead atoms. The molecular formula is C19H17N5O3. The van der Waals surface area contributed by atoms with Crippen molar-refractivity contribution < 1.29 is 14.6 Å². The molecule has 136 valence electrons. The van der Waals surface area contributed by atoms with Gasteiger partial charge in [-0.3, -0.25) is 0 Å². The van der Waals surface area contributed by atoms with Crippen LogP contribution in [0, 0.1) is 0 Å². The number of hydrogen-bond acceptors (Lipinski definition) is 5. The van der Waals surface area contributed by atoms with Crippen molar-refractivity contribution in [2.75, 3.05) is 7.11 Å². The molecule has 2 aromatic carbocycles. The number of carboxylic acids is 1. The number of fused-ring (bicyclic) bond motifs is 1. The maximum Gasteiger partial charge on any atom is 0.339 e. The van der Waals surface area contributed by atoms with Crippen LogP contribution in [-0.2, 0) is 0 Å². The van der Waals surface area contributed by atoms with E-state index in [4.69, 9.17) is 4.74 Å². The van der Waals surface area contributed by atoms with Gasteiger partial charge in [0.05, 0.1) is 24.3 Å². The van der Waals surface area contributed by atoms with E-state index in [0.717, 1.165) is 16.9 Å². The average molecular weight is 363 g/mol. The number of nitrogens with zero attached hydrogens (tertiary/aromatic N) is 4. The molecule has 8 heteroatoms. The van der Waals surface area contributed by atoms with Crippen LogP contribution in [0.3, 0.4) is 0 Å². The summed E-state index contributed by atoms with van der Waals surface area (Å²) in [5, 5.41) is 17.7. The summed E-state index contributed by atoms with van der Waals surface area (Å²) in [5.41, 5.74) is 3.15. The molecule has 0 spiro atoms. The Balaban J connectivity index is 1.67. The molecule has 0 saturated heterocycles. The van der Waals surface area contributed by atoms with E-state index in [9.17, 15) is 9.90 Å². The number of carboxylic acid groups (broad SMARTS) is 1. The highest BCUT2D eigenvalue weighted by Crippen LogP contribution is 2.26. The number of benzene rings is 2. The van der Waals surface area contributed by atoms with Gasteiger partial charge in [-0.05, 0) is 37.3 Å². The zero-order valence-corrected chi connectivity index (χ0v) is 14.7. The van der Waals surface area contributed by atoms with Crippen molar-refractivity contribution in [3.63, 3.8) is 0 Å². The lowest BCUT2D eigenvalue weighted by molar-refractivity contribution is 0.0693. The van der Waals surface area contributed by atoms with Crippen molar-refractivity contribution in [2.45, 2.75) is 13.0 Å². The second-order valence-electron chi connectivity index (χ2n) is 6.12. The number of imidazole rings is 1. The number of hydrogen-bond donors (Lipinski definition) is 2. The van der Waals surface area contributed by atoms with Gasteiger partial charge in [0.15, 0.2) is 0 Å². The van der Waals surface area contributed by atoms with Gasteiger partial charge in [0.1, 0.15) is 28.9 Å². The van der Waals surface area contributed by atoms with Crippen molar-refractivity contribution >= 4 is 17.0 Å². The fourth-order valence-corrected chi connectivity index (χ4v) is 2.93. The summed E-state index contributed by atoms with van der Waals surface area (Å²) in [7, 11) is 1.44. The van der Waals surface area contributed by atoms with Crippen LogP contribution >= 0.6 is 0 Å². The number of methoxy groups -OCH3 is 1. The predicted octanol–water partition coefficient (Wildman–Crippen LogP) is 3.14. The van der Waals surface area contributed by atoms with Gasteiger partial charge in [-0.25, -0.2) is 14.5 Å². The summed E-state index contributed by atoms with van der Waals surface area (Å²) >= 11 is 0. The SMILES string of the molecule is COc1ccc(-c2cn([C@H](C)c3nc4ccccc4[nH]3)nn2)cc1C(=O)O. The Hall–Kier alpha value is -3.68. The number of aromatic carboxylic acids is 1. The smallest absolute Gasteiger partial charge is 0.339 e. The van der Waals surface area contributed by atoms with Gasteiger partial charge in [0.25, 0.3) is 0 Å². The maximum absolute atomic E-state index is 11.4. The molecule has 27 heavy (non-hydrogen) atoms. The van der Waals surface area contributed by atoms with Gasteiger partial charge >= 0.3 is 5.97 Å². The van der Waals surface area contributed by atoms with Gasteiger partial charge in [0, 0.05) is 5.56 Å². The summed E-state index contributed by atoms with van der Waals surface area (Å²) in [6.07, 6.45) is 1.77. The third-order valence-electron chi connectivity index (χ3n) is 4.44. The number of aromatic nitrogens is 5. The first kappa shape index (κ1) is 16.8. The molecule has 4 rings (SSSR count). The number of carbonyl (C=O) groups is 1. The van der Waals surface area contributed by atoms with Crippen LogP contribution in [0.25, 0.3) is 22.3 Å². The van der Waals surface area contributed by atoms with E-state index in [0.29, 0.717) is 17.0 Å². The van der Waals surface area contributed by atoms with Gasteiger partial charge in [-0.1, -0.05) is 17.3 Å². The molecule has 0 aliphatic carbocycles. The molecule has 4 aromatic rings. The van der Waals surface area contributed by atoms with Crippen molar-refractivity contribution in [3.8, 4) is 17.0 Å². The molecule has 2 aromatic heterocycles. The van der Waals surface area contributed by atoms with Crippen LogP contribution in [0.1, 0.15) is 29.1 Å². The molecule has 2 N–H and O–H groups in total. The molecule has 0 aliphatic rings. The van der Waals surface area contributed by atoms with Crippen LogP contribution in [-0.4, -0.2) is 43.1 Å². The average Bonchev–Trinajstić information content (AvgIpc) is 3.34. The highest BCUT2D eigenvalue weighted by atomic mass is 16.5. The third kappa shape index (κ3) is 3.01. The Kier molecular flexibility index (Phi) is 4.08. The quantitative estimate of drug-likeness (QED) is 0.564. The van der Waals surface area contributed by atoms with Crippen molar-refractivity contribution in [1.29, 1.82) is 0 Å². The number of rotatable bonds is 5. The largest absolute Gasteiger partial charge is 0.496 e. The number of para-hydroxylation sites is 2. The molecular weight excluding hydrogens is 346 g/mol. The molecule has 2 heterocycles. The lowest BCUT2D eigenvalue weighted by atomic mass is 10.1. The first-order chi connectivity index (χ1) is 13.1. The van der Waals surface area contributed by atoms with E-state index < -0.39 is 5.97 Å². The van der Waals surface area contributed by atoms with Gasteiger partial charge in [-0.15, -0.1) is 5.10 Å². The summed E-state index contributed by atoms with van der Waals surface area (Å²) in [6.45, 7) is 1.97. The van der Waals surface area contributed by atoms with Crippen LogP contribution < -0.4 is 4.74 Å². The van der Waals surface area contributed by atoms with E-state index in [1.54, 1.807) is 23.0 Å². The summed E-state index contributed by atoms with van der Waals surface area (Å²) in [4.78, 5) is 19.3. The molecule has 0 aliphatic heterocycles. The normalized spacial score (nSPS) is 12.2. The Morgan fingerprint density at radius 2 is 2.07 bits per heavy atom. The third-order valence-corrected chi connectivity index (χ3v) is 4.44. The fraction of sp³-hybridized carbons (Fsp3) is 0.158. The van der Waals surface area contributed by atoms with Crippen LogP contribution in [0.2, 0.25) is 0 Å². The Morgan fingerprint density at radius 1 is 1.26 bits per heavy atom. The Morgan fingerprint density at radius 3 is 2.81 bits per heavy atom. The molecule has 1 atom stereocenters. The van der Waals surface area contributed by atoms with Crippen LogP contribution in [0.5, 0.6) is 5.75 Å². The maximum atomic E-state index is 11.4. The van der Waals surface area contributed by atoms with Gasteiger partial charge in [-0.2, -0.15) is 0 Å². The van der Waals surface area contributed by atoms with Gasteiger partial charge < -0.3 is 14.8 Å². The molecule has 8 nitrogen and oxygen atoms in total. The lowest BCUT2D eigenvalue weighted by Crippen LogP contribution is -2.09. The van der Waals surface area contributed by atoms with Crippen molar-refractivity contribution in [2.24, 2.45) is 0 Å². The minimum absolute atomic E-state index is 0.0786. The van der Waals surface area contributed by atoms with Crippen molar-refractivity contribution in [3.05, 3.63) is 60.0 Å². The lowest BCUT2D eigenvalue weighted by Gasteiger charge is -2.07. The second-order valence-corrected chi connectivity index (χ2v) is 6.12. The number of nitrogens with one attached hydrogen (secondary N) is 1. The van der Waals surface area contributed by atoms with E-state index in [-0.39, 0.29) is 11.6 Å². The molecule has 0 unspecified atom stereocenters. The second kappa shape index (κ2) is 6.56. The molecule has 0 fully saturated rings. The summed E-state index contributed by atoms with van der Waals surface area (Å²) < 4.78 is 6.79. The Labute approximate surface area is 154 Å². The summed E-state index contributed by atoms with van der Waals surface area (Å²) in [6, 6.07) is 12.5. The predicted molar refractivity (Wildman–Crippen MR) is 98.9 cm³/mol. The van der Waals surface area contributed by atoms with E-state index in [2.05, 4.69) is 20.3 Å². The van der Waals surface area contributed by atoms with Crippen LogP contribution in [0.15, 0.2) is 48.7 Å². The molecule has 0 radical (unpaired) electrons. The van der Waals surface area contributed by atoms with E-state index >= 15 is 0 Å². The van der Waals surface area contributed by atoms with E-state index in [1.807, 2.05) is 31.2 Å². The monoisotopic (exact) mass is 363 g/mol. The van der Waals surface area contributed by atoms with Crippen molar-refractivity contribution in [1.82, 2.24) is 25.0 Å². The summed E-state index contributed by atoms with van der Waals surface area (Å²) in [5.74, 6) is 0.0135. The number of aromatic amines is 1. The van der Waals surface area contributed by atoms with Gasteiger partial charge in [0.2, 0.25) is 0 Å². The fourth-order valence-electron chi connectivity index (χ4n) is 2.93.